The Balaban J connectivity index is 1.57. The summed E-state index contributed by atoms with van der Waals surface area (Å²) in [6.45, 7) is 2.01. The first-order valence-corrected chi connectivity index (χ1v) is 10.0. The zero-order chi connectivity index (χ0) is 22.1. The Kier molecular flexibility index (Phi) is 7.90. The van der Waals surface area contributed by atoms with Crippen molar-refractivity contribution in [3.05, 3.63) is 88.9 Å². The summed E-state index contributed by atoms with van der Waals surface area (Å²) in [5.41, 5.74) is 4.19. The Bertz CT molecular complexity index is 1060. The highest BCUT2D eigenvalue weighted by atomic mass is 35.5. The zero-order valence-electron chi connectivity index (χ0n) is 17.2. The average molecular weight is 439 g/mol. The largest absolute Gasteiger partial charge is 0.497 e. The van der Waals surface area contributed by atoms with Gasteiger partial charge in [0.1, 0.15) is 23.9 Å². The SMILES string of the molecule is COc1cccc(COc2ccccc2/C=N/NC(=O)C(C)Oc2cccc(Cl)c2)c1. The lowest BCUT2D eigenvalue weighted by Gasteiger charge is -2.13. The van der Waals surface area contributed by atoms with Crippen LogP contribution in [0, 0.1) is 0 Å². The summed E-state index contributed by atoms with van der Waals surface area (Å²) < 4.78 is 16.7. The van der Waals surface area contributed by atoms with Crippen molar-refractivity contribution in [2.75, 3.05) is 7.11 Å². The van der Waals surface area contributed by atoms with Gasteiger partial charge in [-0.05, 0) is 55.0 Å². The molecule has 1 amide bonds. The van der Waals surface area contributed by atoms with Gasteiger partial charge in [0.25, 0.3) is 5.91 Å². The van der Waals surface area contributed by atoms with Crippen LogP contribution in [0.5, 0.6) is 17.2 Å². The number of nitrogens with one attached hydrogen (secondary N) is 1. The average Bonchev–Trinajstić information content (AvgIpc) is 2.78. The van der Waals surface area contributed by atoms with Crippen LogP contribution in [-0.2, 0) is 11.4 Å². The van der Waals surface area contributed by atoms with Gasteiger partial charge in [0.2, 0.25) is 0 Å². The number of hydrazone groups is 1. The van der Waals surface area contributed by atoms with E-state index in [0.29, 0.717) is 23.1 Å². The number of amides is 1. The van der Waals surface area contributed by atoms with Crippen molar-refractivity contribution < 1.29 is 19.0 Å². The Morgan fingerprint density at radius 1 is 1.06 bits per heavy atom. The van der Waals surface area contributed by atoms with E-state index in [1.54, 1.807) is 38.3 Å². The van der Waals surface area contributed by atoms with Gasteiger partial charge in [-0.15, -0.1) is 0 Å². The molecule has 3 aromatic rings. The van der Waals surface area contributed by atoms with E-state index < -0.39 is 6.10 Å². The van der Waals surface area contributed by atoms with Crippen molar-refractivity contribution in [2.45, 2.75) is 19.6 Å². The number of hydrogen-bond donors (Lipinski definition) is 1. The Morgan fingerprint density at radius 2 is 1.84 bits per heavy atom. The zero-order valence-corrected chi connectivity index (χ0v) is 18.0. The van der Waals surface area contributed by atoms with E-state index in [9.17, 15) is 4.79 Å². The fraction of sp³-hybridized carbons (Fsp3) is 0.167. The molecule has 3 rings (SSSR count). The third-order valence-corrected chi connectivity index (χ3v) is 4.54. The van der Waals surface area contributed by atoms with Gasteiger partial charge in [0.15, 0.2) is 6.10 Å². The number of para-hydroxylation sites is 1. The molecule has 0 bridgehead atoms. The number of benzene rings is 3. The summed E-state index contributed by atoms with van der Waals surface area (Å²) in [5, 5.41) is 4.57. The molecule has 0 radical (unpaired) electrons. The molecule has 3 aromatic carbocycles. The molecule has 6 nitrogen and oxygen atoms in total. The number of hydrogen-bond acceptors (Lipinski definition) is 5. The fourth-order valence-electron chi connectivity index (χ4n) is 2.70. The summed E-state index contributed by atoms with van der Waals surface area (Å²) in [4.78, 5) is 12.3. The standard InChI is InChI=1S/C24H23ClN2O4/c1-17(31-22-11-6-9-20(25)14-22)24(28)27-26-15-19-8-3-4-12-23(19)30-16-18-7-5-10-21(13-18)29-2/h3-15,17H,16H2,1-2H3,(H,27,28)/b26-15+. The minimum atomic E-state index is -0.741. The smallest absolute Gasteiger partial charge is 0.280 e. The van der Waals surface area contributed by atoms with E-state index in [1.165, 1.54) is 6.21 Å². The second-order valence-electron chi connectivity index (χ2n) is 6.63. The third-order valence-electron chi connectivity index (χ3n) is 4.30. The topological polar surface area (TPSA) is 69.2 Å². The fourth-order valence-corrected chi connectivity index (χ4v) is 2.88. The van der Waals surface area contributed by atoms with Crippen LogP contribution in [0.1, 0.15) is 18.1 Å². The van der Waals surface area contributed by atoms with E-state index in [1.807, 2.05) is 48.5 Å². The molecule has 1 unspecified atom stereocenters. The summed E-state index contributed by atoms with van der Waals surface area (Å²) in [5.74, 6) is 1.54. The van der Waals surface area contributed by atoms with Crippen LogP contribution in [0.4, 0.5) is 0 Å². The normalized spacial score (nSPS) is 11.7. The molecule has 0 aromatic heterocycles. The van der Waals surface area contributed by atoms with Gasteiger partial charge in [0, 0.05) is 10.6 Å². The van der Waals surface area contributed by atoms with Crippen LogP contribution in [0.25, 0.3) is 0 Å². The molecule has 160 valence electrons. The number of ether oxygens (including phenoxy) is 3. The van der Waals surface area contributed by atoms with E-state index >= 15 is 0 Å². The van der Waals surface area contributed by atoms with Gasteiger partial charge in [-0.1, -0.05) is 41.9 Å². The van der Waals surface area contributed by atoms with Crippen LogP contribution >= 0.6 is 11.6 Å². The molecule has 31 heavy (non-hydrogen) atoms. The highest BCUT2D eigenvalue weighted by Gasteiger charge is 2.14. The predicted octanol–water partition coefficient (Wildman–Crippen LogP) is 4.85. The van der Waals surface area contributed by atoms with Crippen molar-refractivity contribution in [2.24, 2.45) is 5.10 Å². The van der Waals surface area contributed by atoms with Crippen molar-refractivity contribution in [1.29, 1.82) is 0 Å². The molecule has 0 heterocycles. The van der Waals surface area contributed by atoms with Gasteiger partial charge in [-0.2, -0.15) is 5.10 Å². The lowest BCUT2D eigenvalue weighted by atomic mass is 10.2. The van der Waals surface area contributed by atoms with Crippen molar-refractivity contribution in [1.82, 2.24) is 5.43 Å². The summed E-state index contributed by atoms with van der Waals surface area (Å²) in [6.07, 6.45) is 0.792. The van der Waals surface area contributed by atoms with Gasteiger partial charge in [-0.25, -0.2) is 5.43 Å². The van der Waals surface area contributed by atoms with Crippen LogP contribution in [0.3, 0.4) is 0 Å². The Morgan fingerprint density at radius 3 is 2.65 bits per heavy atom. The van der Waals surface area contributed by atoms with Gasteiger partial charge >= 0.3 is 0 Å². The highest BCUT2D eigenvalue weighted by Crippen LogP contribution is 2.20. The Hall–Kier alpha value is -3.51. The van der Waals surface area contributed by atoms with E-state index in [0.717, 1.165) is 16.9 Å². The number of carbonyl (C=O) groups excluding carboxylic acids is 1. The minimum absolute atomic E-state index is 0.374. The van der Waals surface area contributed by atoms with E-state index in [4.69, 9.17) is 25.8 Å². The molecule has 0 aliphatic rings. The summed E-state index contributed by atoms with van der Waals surface area (Å²) >= 11 is 5.93. The number of methoxy groups -OCH3 is 1. The molecule has 1 atom stereocenters. The third kappa shape index (κ3) is 6.76. The van der Waals surface area contributed by atoms with Gasteiger partial charge < -0.3 is 14.2 Å². The maximum atomic E-state index is 12.3. The molecule has 1 N–H and O–H groups in total. The molecule has 0 saturated heterocycles. The summed E-state index contributed by atoms with van der Waals surface area (Å²) in [6, 6.07) is 22.0. The molecular weight excluding hydrogens is 416 g/mol. The Labute approximate surface area is 186 Å². The molecule has 0 saturated carbocycles. The van der Waals surface area contributed by atoms with Crippen LogP contribution in [0.2, 0.25) is 5.02 Å². The lowest BCUT2D eigenvalue weighted by Crippen LogP contribution is -2.33. The summed E-state index contributed by atoms with van der Waals surface area (Å²) in [7, 11) is 1.63. The van der Waals surface area contributed by atoms with Gasteiger partial charge in [0.05, 0.1) is 13.3 Å². The molecule has 0 aliphatic heterocycles. The van der Waals surface area contributed by atoms with Crippen molar-refractivity contribution in [3.8, 4) is 17.2 Å². The first-order chi connectivity index (χ1) is 15.0. The quantitative estimate of drug-likeness (QED) is 0.383. The van der Waals surface area contributed by atoms with E-state index in [2.05, 4.69) is 10.5 Å². The predicted molar refractivity (Wildman–Crippen MR) is 121 cm³/mol. The minimum Gasteiger partial charge on any atom is -0.497 e. The number of carbonyl (C=O) groups is 1. The number of nitrogens with zero attached hydrogens (tertiary/aromatic N) is 1. The number of rotatable bonds is 9. The molecular formula is C24H23ClN2O4. The second kappa shape index (κ2) is 11.0. The van der Waals surface area contributed by atoms with Crippen molar-refractivity contribution in [3.63, 3.8) is 0 Å². The van der Waals surface area contributed by atoms with E-state index in [-0.39, 0.29) is 5.91 Å². The van der Waals surface area contributed by atoms with Crippen LogP contribution in [-0.4, -0.2) is 25.3 Å². The molecule has 7 heteroatoms. The first-order valence-electron chi connectivity index (χ1n) is 9.65. The highest BCUT2D eigenvalue weighted by molar-refractivity contribution is 6.30. The lowest BCUT2D eigenvalue weighted by molar-refractivity contribution is -0.127. The monoisotopic (exact) mass is 438 g/mol. The van der Waals surface area contributed by atoms with Crippen LogP contribution in [0.15, 0.2) is 77.9 Å². The second-order valence-corrected chi connectivity index (χ2v) is 7.07. The molecule has 0 aliphatic carbocycles. The molecule has 0 fully saturated rings. The van der Waals surface area contributed by atoms with Gasteiger partial charge in [-0.3, -0.25) is 4.79 Å². The van der Waals surface area contributed by atoms with Crippen molar-refractivity contribution >= 4 is 23.7 Å². The number of halogens is 1. The van der Waals surface area contributed by atoms with Crippen LogP contribution < -0.4 is 19.6 Å². The maximum Gasteiger partial charge on any atom is 0.280 e. The maximum absolute atomic E-state index is 12.3. The molecule has 0 spiro atoms. The first kappa shape index (κ1) is 22.2.